The van der Waals surface area contributed by atoms with Crippen molar-refractivity contribution in [3.63, 3.8) is 0 Å². The molecule has 1 aliphatic heterocycles. The number of guanidine groups is 2. The van der Waals surface area contributed by atoms with Crippen molar-refractivity contribution in [2.45, 2.75) is 0 Å². The molecule has 1 aromatic carbocycles. The van der Waals surface area contributed by atoms with Gasteiger partial charge in [-0.15, -0.1) is 0 Å². The number of nitrogens with one attached hydrogen (secondary N) is 1. The zero-order valence-corrected chi connectivity index (χ0v) is 9.80. The molecule has 18 heavy (non-hydrogen) atoms. The highest BCUT2D eigenvalue weighted by Gasteiger charge is 2.07. The summed E-state index contributed by atoms with van der Waals surface area (Å²) in [4.78, 5) is 12.1. The number of aliphatic imine (C=N–C) groups is 3. The Bertz CT molecular complexity index is 526. The topological polar surface area (TPSA) is 127 Å². The van der Waals surface area contributed by atoms with Crippen molar-refractivity contribution in [1.82, 2.24) is 5.32 Å². The van der Waals surface area contributed by atoms with Crippen LogP contribution in [0.3, 0.4) is 0 Å². The van der Waals surface area contributed by atoms with Crippen molar-refractivity contribution in [2.75, 3.05) is 13.1 Å². The van der Waals surface area contributed by atoms with E-state index in [0.717, 1.165) is 24.5 Å². The van der Waals surface area contributed by atoms with Gasteiger partial charge in [0.25, 0.3) is 0 Å². The molecular weight excluding hydrogens is 230 g/mol. The monoisotopic (exact) mass is 245 g/mol. The average Bonchev–Trinajstić information content (AvgIpc) is 2.81. The summed E-state index contributed by atoms with van der Waals surface area (Å²) in [6.45, 7) is 1.65. The molecule has 94 valence electrons. The number of nitrogens with zero attached hydrogens (tertiary/aromatic N) is 3. The molecule has 0 fully saturated rings. The average molecular weight is 245 g/mol. The molecule has 2 rings (SSSR count). The van der Waals surface area contributed by atoms with Gasteiger partial charge in [0.2, 0.25) is 5.96 Å². The van der Waals surface area contributed by atoms with Crippen LogP contribution in [0.25, 0.3) is 0 Å². The number of benzene rings is 1. The highest BCUT2D eigenvalue weighted by molar-refractivity contribution is 6.00. The van der Waals surface area contributed by atoms with E-state index in [0.29, 0.717) is 5.69 Å². The lowest BCUT2D eigenvalue weighted by Gasteiger charge is -2.03. The van der Waals surface area contributed by atoms with Crippen LogP contribution in [0.4, 0.5) is 5.69 Å². The van der Waals surface area contributed by atoms with Gasteiger partial charge in [0.05, 0.1) is 12.2 Å². The summed E-state index contributed by atoms with van der Waals surface area (Å²) in [6, 6.07) is 7.51. The zero-order valence-electron chi connectivity index (χ0n) is 9.80. The van der Waals surface area contributed by atoms with Crippen molar-refractivity contribution in [1.29, 1.82) is 0 Å². The first-order valence-electron chi connectivity index (χ1n) is 5.48. The quantitative estimate of drug-likeness (QED) is 0.404. The third kappa shape index (κ3) is 2.97. The normalized spacial score (nSPS) is 14.9. The van der Waals surface area contributed by atoms with Gasteiger partial charge in [0.1, 0.15) is 5.84 Å². The molecule has 0 spiro atoms. The van der Waals surface area contributed by atoms with Gasteiger partial charge >= 0.3 is 0 Å². The third-order valence-electron chi connectivity index (χ3n) is 2.28. The van der Waals surface area contributed by atoms with Gasteiger partial charge < -0.3 is 22.5 Å². The number of hydrogen-bond acceptors (Lipinski definition) is 3. The standard InChI is InChI=1S/C11H15N7/c12-10(13)18-11(14)17-8-3-1-2-7(6-8)9-15-4-5-16-9/h1-3,6H,4-5H2,(H,15,16)(H6,12,13,14,17,18). The fraction of sp³-hybridized carbons (Fsp3) is 0.182. The molecule has 0 radical (unpaired) electrons. The zero-order chi connectivity index (χ0) is 13.0. The fourth-order valence-corrected chi connectivity index (χ4v) is 1.60. The summed E-state index contributed by atoms with van der Waals surface area (Å²) in [5.74, 6) is 0.773. The van der Waals surface area contributed by atoms with Crippen LogP contribution in [0.2, 0.25) is 0 Å². The van der Waals surface area contributed by atoms with E-state index < -0.39 is 0 Å². The second-order valence-corrected chi connectivity index (χ2v) is 3.71. The summed E-state index contributed by atoms with van der Waals surface area (Å²) in [7, 11) is 0. The lowest BCUT2D eigenvalue weighted by molar-refractivity contribution is 0.960. The molecule has 1 aromatic rings. The van der Waals surface area contributed by atoms with Crippen LogP contribution in [0.5, 0.6) is 0 Å². The van der Waals surface area contributed by atoms with Gasteiger partial charge in [-0.2, -0.15) is 4.99 Å². The first-order valence-corrected chi connectivity index (χ1v) is 5.48. The van der Waals surface area contributed by atoms with Crippen molar-refractivity contribution < 1.29 is 0 Å². The summed E-state index contributed by atoms with van der Waals surface area (Å²) in [6.07, 6.45) is 0. The minimum atomic E-state index is -0.116. The van der Waals surface area contributed by atoms with Crippen LogP contribution < -0.4 is 22.5 Å². The van der Waals surface area contributed by atoms with Crippen molar-refractivity contribution in [2.24, 2.45) is 32.2 Å². The predicted octanol–water partition coefficient (Wildman–Crippen LogP) is -0.744. The van der Waals surface area contributed by atoms with Gasteiger partial charge in [0, 0.05) is 12.1 Å². The predicted molar refractivity (Wildman–Crippen MR) is 72.9 cm³/mol. The molecule has 1 aliphatic rings. The molecule has 0 atom stereocenters. The molecule has 0 amide bonds. The first-order chi connectivity index (χ1) is 8.65. The van der Waals surface area contributed by atoms with E-state index in [4.69, 9.17) is 17.2 Å². The van der Waals surface area contributed by atoms with Crippen LogP contribution in [0, 0.1) is 0 Å². The van der Waals surface area contributed by atoms with Crippen molar-refractivity contribution >= 4 is 23.4 Å². The lowest BCUT2D eigenvalue weighted by Crippen LogP contribution is -2.26. The molecule has 0 saturated carbocycles. The van der Waals surface area contributed by atoms with Crippen LogP contribution in [0.1, 0.15) is 5.56 Å². The summed E-state index contributed by atoms with van der Waals surface area (Å²) in [5, 5.41) is 3.19. The fourth-order valence-electron chi connectivity index (χ4n) is 1.60. The molecule has 0 bridgehead atoms. The Labute approximate surface area is 105 Å². The van der Waals surface area contributed by atoms with Gasteiger partial charge in [-0.05, 0) is 12.1 Å². The summed E-state index contributed by atoms with van der Waals surface area (Å²) in [5.41, 5.74) is 17.6. The number of nitrogens with two attached hydrogens (primary N) is 3. The van der Waals surface area contributed by atoms with E-state index in [1.807, 2.05) is 24.3 Å². The van der Waals surface area contributed by atoms with Crippen LogP contribution in [0.15, 0.2) is 39.2 Å². The van der Waals surface area contributed by atoms with Gasteiger partial charge in [-0.3, -0.25) is 4.99 Å². The second-order valence-electron chi connectivity index (χ2n) is 3.71. The Morgan fingerprint density at radius 3 is 2.78 bits per heavy atom. The molecule has 7 nitrogen and oxygen atoms in total. The smallest absolute Gasteiger partial charge is 0.223 e. The summed E-state index contributed by atoms with van der Waals surface area (Å²) >= 11 is 0. The highest BCUT2D eigenvalue weighted by Crippen LogP contribution is 2.15. The van der Waals surface area contributed by atoms with E-state index >= 15 is 0 Å². The maximum atomic E-state index is 5.57. The third-order valence-corrected chi connectivity index (χ3v) is 2.28. The number of rotatable bonds is 2. The van der Waals surface area contributed by atoms with Crippen molar-refractivity contribution in [3.05, 3.63) is 29.8 Å². The second kappa shape index (κ2) is 5.17. The van der Waals surface area contributed by atoms with E-state index in [1.54, 1.807) is 0 Å². The molecule has 7 N–H and O–H groups in total. The molecule has 0 aromatic heterocycles. The van der Waals surface area contributed by atoms with Gasteiger partial charge in [-0.1, -0.05) is 12.1 Å². The Kier molecular flexibility index (Phi) is 3.42. The Balaban J connectivity index is 2.25. The molecule has 1 heterocycles. The maximum Gasteiger partial charge on any atom is 0.223 e. The van der Waals surface area contributed by atoms with Crippen LogP contribution in [-0.2, 0) is 0 Å². The van der Waals surface area contributed by atoms with Crippen LogP contribution >= 0.6 is 0 Å². The van der Waals surface area contributed by atoms with Crippen molar-refractivity contribution in [3.8, 4) is 0 Å². The molecular formula is C11H15N7. The minimum Gasteiger partial charge on any atom is -0.370 e. The lowest BCUT2D eigenvalue weighted by atomic mass is 10.2. The Morgan fingerprint density at radius 2 is 2.11 bits per heavy atom. The van der Waals surface area contributed by atoms with E-state index in [2.05, 4.69) is 20.3 Å². The van der Waals surface area contributed by atoms with Gasteiger partial charge in [-0.25, -0.2) is 4.99 Å². The molecule has 7 heteroatoms. The Morgan fingerprint density at radius 1 is 1.28 bits per heavy atom. The van der Waals surface area contributed by atoms with E-state index in [-0.39, 0.29) is 11.9 Å². The van der Waals surface area contributed by atoms with E-state index in [1.165, 1.54) is 0 Å². The molecule has 0 saturated heterocycles. The molecule has 0 aliphatic carbocycles. The number of amidine groups is 1. The SMILES string of the molecule is NC(N)=NC(N)=Nc1cccc(C2=NCCN2)c1. The van der Waals surface area contributed by atoms with Crippen LogP contribution in [-0.4, -0.2) is 30.8 Å². The Hall–Kier alpha value is -2.57. The largest absolute Gasteiger partial charge is 0.370 e. The maximum absolute atomic E-state index is 5.57. The van der Waals surface area contributed by atoms with E-state index in [9.17, 15) is 0 Å². The first kappa shape index (κ1) is 11.9. The number of hydrogen-bond donors (Lipinski definition) is 4. The minimum absolute atomic E-state index is 0.0217. The molecule has 0 unspecified atom stereocenters. The summed E-state index contributed by atoms with van der Waals surface area (Å²) < 4.78 is 0. The highest BCUT2D eigenvalue weighted by atomic mass is 15.1. The van der Waals surface area contributed by atoms with Gasteiger partial charge in [0.15, 0.2) is 5.96 Å².